The molecular weight excluding hydrogens is 334 g/mol. The van der Waals surface area contributed by atoms with Gasteiger partial charge in [-0.05, 0) is 19.9 Å². The predicted molar refractivity (Wildman–Crippen MR) is 95.1 cm³/mol. The van der Waals surface area contributed by atoms with Crippen molar-refractivity contribution in [3.05, 3.63) is 47.3 Å². The number of hydrogen-bond donors (Lipinski definition) is 2. The molecule has 2 heterocycles. The van der Waals surface area contributed by atoms with Gasteiger partial charge in [0.2, 0.25) is 0 Å². The first-order valence-corrected chi connectivity index (χ1v) is 8.40. The summed E-state index contributed by atoms with van der Waals surface area (Å²) < 4.78 is 1.64. The third-order valence-electron chi connectivity index (χ3n) is 4.40. The van der Waals surface area contributed by atoms with Crippen LogP contribution in [-0.2, 0) is 28.0 Å². The van der Waals surface area contributed by atoms with E-state index in [1.165, 1.54) is 0 Å². The Morgan fingerprint density at radius 3 is 2.62 bits per heavy atom. The number of aryl methyl sites for hydroxylation is 2. The van der Waals surface area contributed by atoms with Gasteiger partial charge in [-0.25, -0.2) is 0 Å². The van der Waals surface area contributed by atoms with Crippen LogP contribution in [0.15, 0.2) is 30.5 Å². The van der Waals surface area contributed by atoms with Gasteiger partial charge in [0.15, 0.2) is 0 Å². The minimum atomic E-state index is -0.843. The van der Waals surface area contributed by atoms with E-state index in [1.807, 2.05) is 26.0 Å². The Labute approximate surface area is 151 Å². The number of anilines is 1. The normalized spacial score (nSPS) is 15.7. The van der Waals surface area contributed by atoms with Crippen LogP contribution in [0.4, 0.5) is 5.69 Å². The molecule has 136 valence electrons. The minimum absolute atomic E-state index is 0.197. The van der Waals surface area contributed by atoms with Gasteiger partial charge in [-0.15, -0.1) is 0 Å². The molecule has 0 spiro atoms. The van der Waals surface area contributed by atoms with E-state index in [4.69, 9.17) is 0 Å². The van der Waals surface area contributed by atoms with E-state index in [2.05, 4.69) is 15.7 Å². The maximum Gasteiger partial charge on any atom is 0.310 e. The maximum atomic E-state index is 12.5. The molecular formula is C18H21N5O3. The van der Waals surface area contributed by atoms with Crippen molar-refractivity contribution in [2.24, 2.45) is 7.05 Å². The number of para-hydroxylation sites is 1. The number of aromatic nitrogens is 2. The van der Waals surface area contributed by atoms with Crippen LogP contribution >= 0.6 is 0 Å². The Morgan fingerprint density at radius 2 is 1.96 bits per heavy atom. The molecule has 2 aromatic rings. The molecule has 0 aliphatic carbocycles. The summed E-state index contributed by atoms with van der Waals surface area (Å²) in [7, 11) is 1.79. The number of rotatable bonds is 4. The number of benzene rings is 1. The molecule has 0 saturated heterocycles. The highest BCUT2D eigenvalue weighted by atomic mass is 16.2. The summed E-state index contributed by atoms with van der Waals surface area (Å²) in [4.78, 5) is 38.5. The molecule has 2 N–H and O–H groups in total. The fourth-order valence-corrected chi connectivity index (χ4v) is 3.13. The number of amides is 3. The highest BCUT2D eigenvalue weighted by Gasteiger charge is 2.38. The molecule has 1 aromatic carbocycles. The second-order valence-corrected chi connectivity index (χ2v) is 6.14. The topological polar surface area (TPSA) is 96.3 Å². The van der Waals surface area contributed by atoms with Crippen LogP contribution in [0.25, 0.3) is 0 Å². The third-order valence-corrected chi connectivity index (χ3v) is 4.40. The van der Waals surface area contributed by atoms with Crippen molar-refractivity contribution in [2.75, 3.05) is 11.4 Å². The van der Waals surface area contributed by atoms with Crippen molar-refractivity contribution in [2.45, 2.75) is 26.4 Å². The maximum absolute atomic E-state index is 12.5. The largest absolute Gasteiger partial charge is 0.344 e. The highest BCUT2D eigenvalue weighted by Crippen LogP contribution is 2.35. The molecule has 1 aromatic heterocycles. The van der Waals surface area contributed by atoms with Gasteiger partial charge >= 0.3 is 11.8 Å². The summed E-state index contributed by atoms with van der Waals surface area (Å²) in [5.74, 6) is -1.86. The first kappa shape index (κ1) is 17.7. The van der Waals surface area contributed by atoms with Crippen molar-refractivity contribution in [1.29, 1.82) is 0 Å². The molecule has 0 fully saturated rings. The van der Waals surface area contributed by atoms with E-state index in [0.717, 1.165) is 16.9 Å². The molecule has 3 amide bonds. The molecule has 0 unspecified atom stereocenters. The minimum Gasteiger partial charge on any atom is -0.344 e. The average Bonchev–Trinajstić information content (AvgIpc) is 3.08. The Kier molecular flexibility index (Phi) is 4.75. The van der Waals surface area contributed by atoms with E-state index >= 15 is 0 Å². The first-order chi connectivity index (χ1) is 12.4. The molecule has 1 atom stereocenters. The van der Waals surface area contributed by atoms with Crippen molar-refractivity contribution < 1.29 is 14.4 Å². The number of fused-ring (bicyclic) bond motifs is 1. The fourth-order valence-electron chi connectivity index (χ4n) is 3.13. The zero-order valence-corrected chi connectivity index (χ0v) is 14.9. The lowest BCUT2D eigenvalue weighted by Crippen LogP contribution is -2.44. The zero-order chi connectivity index (χ0) is 18.8. The molecule has 3 rings (SSSR count). The lowest BCUT2D eigenvalue weighted by Gasteiger charge is -2.15. The Morgan fingerprint density at radius 1 is 1.23 bits per heavy atom. The van der Waals surface area contributed by atoms with E-state index in [-0.39, 0.29) is 12.5 Å². The molecule has 1 aliphatic rings. The van der Waals surface area contributed by atoms with Crippen molar-refractivity contribution >= 4 is 23.4 Å². The van der Waals surface area contributed by atoms with E-state index < -0.39 is 17.9 Å². The average molecular weight is 355 g/mol. The predicted octanol–water partition coefficient (Wildman–Crippen LogP) is 0.569. The SMILES string of the molecule is CCN1C(=O)[C@H](NC(=O)C(=O)NCc2cn(C)nc2C)c2ccccc21. The van der Waals surface area contributed by atoms with Crippen LogP contribution in [0.1, 0.15) is 29.8 Å². The van der Waals surface area contributed by atoms with Crippen LogP contribution in [-0.4, -0.2) is 34.0 Å². The van der Waals surface area contributed by atoms with Gasteiger partial charge in [0.05, 0.1) is 5.69 Å². The van der Waals surface area contributed by atoms with Crippen LogP contribution in [0.5, 0.6) is 0 Å². The third kappa shape index (κ3) is 3.17. The summed E-state index contributed by atoms with van der Waals surface area (Å²) >= 11 is 0. The van der Waals surface area contributed by atoms with Crippen molar-refractivity contribution in [3.8, 4) is 0 Å². The summed E-state index contributed by atoms with van der Waals surface area (Å²) in [6.07, 6.45) is 1.78. The van der Waals surface area contributed by atoms with Gasteiger partial charge in [-0.3, -0.25) is 19.1 Å². The van der Waals surface area contributed by atoms with Gasteiger partial charge in [0.1, 0.15) is 6.04 Å². The molecule has 8 nitrogen and oxygen atoms in total. The Bertz CT molecular complexity index is 873. The van der Waals surface area contributed by atoms with Gasteiger partial charge in [0.25, 0.3) is 5.91 Å². The number of carbonyl (C=O) groups excluding carboxylic acids is 3. The van der Waals surface area contributed by atoms with Crippen LogP contribution in [0.2, 0.25) is 0 Å². The number of hydrogen-bond acceptors (Lipinski definition) is 4. The number of nitrogens with one attached hydrogen (secondary N) is 2. The van der Waals surface area contributed by atoms with Crippen LogP contribution in [0, 0.1) is 6.92 Å². The number of nitrogens with zero attached hydrogens (tertiary/aromatic N) is 3. The fraction of sp³-hybridized carbons (Fsp3) is 0.333. The standard InChI is InChI=1S/C18H21N5O3/c1-4-23-14-8-6-5-7-13(14)15(18(23)26)20-17(25)16(24)19-9-12-10-22(3)21-11(12)2/h5-8,10,15H,4,9H2,1-3H3,(H,19,24)(H,20,25)/t15-/m1/s1. The van der Waals surface area contributed by atoms with Crippen LogP contribution in [0.3, 0.4) is 0 Å². The van der Waals surface area contributed by atoms with Gasteiger partial charge in [-0.2, -0.15) is 5.10 Å². The lowest BCUT2D eigenvalue weighted by molar-refractivity contribution is -0.140. The zero-order valence-electron chi connectivity index (χ0n) is 14.9. The summed E-state index contributed by atoms with van der Waals surface area (Å²) in [6.45, 7) is 4.38. The van der Waals surface area contributed by atoms with Gasteiger partial charge < -0.3 is 15.5 Å². The molecule has 1 aliphatic heterocycles. The van der Waals surface area contributed by atoms with E-state index in [0.29, 0.717) is 12.1 Å². The molecule has 26 heavy (non-hydrogen) atoms. The van der Waals surface area contributed by atoms with E-state index in [9.17, 15) is 14.4 Å². The molecule has 0 saturated carbocycles. The molecule has 0 bridgehead atoms. The lowest BCUT2D eigenvalue weighted by atomic mass is 10.1. The molecule has 0 radical (unpaired) electrons. The molecule has 8 heteroatoms. The van der Waals surface area contributed by atoms with Crippen molar-refractivity contribution in [3.63, 3.8) is 0 Å². The Balaban J connectivity index is 1.67. The Hall–Kier alpha value is -3.16. The summed E-state index contributed by atoms with van der Waals surface area (Å²) in [5.41, 5.74) is 3.07. The first-order valence-electron chi connectivity index (χ1n) is 8.40. The van der Waals surface area contributed by atoms with Crippen LogP contribution < -0.4 is 15.5 Å². The summed E-state index contributed by atoms with van der Waals surface area (Å²) in [5, 5.41) is 9.29. The summed E-state index contributed by atoms with van der Waals surface area (Å²) in [6, 6.07) is 6.40. The highest BCUT2D eigenvalue weighted by molar-refractivity contribution is 6.35. The number of carbonyl (C=O) groups is 3. The monoisotopic (exact) mass is 355 g/mol. The van der Waals surface area contributed by atoms with E-state index in [1.54, 1.807) is 35.0 Å². The smallest absolute Gasteiger partial charge is 0.310 e. The van der Waals surface area contributed by atoms with Gasteiger partial charge in [-0.1, -0.05) is 18.2 Å². The number of likely N-dealkylation sites (N-methyl/N-ethyl adjacent to an activating group) is 1. The quantitative estimate of drug-likeness (QED) is 0.784. The van der Waals surface area contributed by atoms with Crippen molar-refractivity contribution in [1.82, 2.24) is 20.4 Å². The second kappa shape index (κ2) is 6.99. The second-order valence-electron chi connectivity index (χ2n) is 6.14. The van der Waals surface area contributed by atoms with Gasteiger partial charge in [0, 0.05) is 43.1 Å².